The van der Waals surface area contributed by atoms with Crippen molar-refractivity contribution in [2.24, 2.45) is 16.7 Å². The minimum atomic E-state index is -0.607. The number of carbonyl (C=O) groups is 4. The zero-order valence-electron chi connectivity index (χ0n) is 34.6. The van der Waals surface area contributed by atoms with Crippen molar-refractivity contribution < 1.29 is 23.9 Å². The molecule has 2 aliphatic carbocycles. The molecule has 4 aliphatic heterocycles. The minimum Gasteiger partial charge on any atom is -0.489 e. The predicted molar refractivity (Wildman–Crippen MR) is 225 cm³/mol. The first kappa shape index (κ1) is 40.0. The van der Waals surface area contributed by atoms with Crippen LogP contribution in [0.4, 0.5) is 5.69 Å². The molecule has 2 aromatic carbocycles. The number of halogens is 1. The number of hydrogen-bond donors (Lipinski definition) is 1. The molecule has 0 bridgehead atoms. The maximum atomic E-state index is 13.8. The van der Waals surface area contributed by atoms with Crippen LogP contribution < -0.4 is 15.0 Å². The van der Waals surface area contributed by atoms with Gasteiger partial charge in [0.25, 0.3) is 11.8 Å². The average Bonchev–Trinajstić information content (AvgIpc) is 3.73. The van der Waals surface area contributed by atoms with E-state index < -0.39 is 6.04 Å². The van der Waals surface area contributed by atoms with Crippen LogP contribution in [-0.4, -0.2) is 93.7 Å². The number of nitrogens with one attached hydrogen (secondary N) is 1. The molecule has 9 rings (SSSR count). The van der Waals surface area contributed by atoms with Crippen molar-refractivity contribution in [2.75, 3.05) is 31.1 Å². The summed E-state index contributed by atoms with van der Waals surface area (Å²) in [6.07, 6.45) is 4.72. The van der Waals surface area contributed by atoms with Crippen molar-refractivity contribution in [3.63, 3.8) is 0 Å². The lowest BCUT2D eigenvalue weighted by molar-refractivity contribution is -0.199. The standard InChI is InChI=1S/C47H50ClN7O5/c1-46(2)44(47(3,4)45(46)60-34-14-8-29(25-49)37(48)24-34)55-27-38-36(43(55)59)15-10-31(50-38)9-5-28-6-11-32(12-7-28)52-19-21-53(22-20-52)33-13-16-35-30(23-33)26-54(42(35)58)39-17-18-40(56)51-41(39)57/h8,10,13-16,23-24,28,32,39,44-45H,6-7,11-12,17-22,26-27H2,1-4H3,(H,51,56,57)/t28-,32-,39?,44-,45-. The van der Waals surface area contributed by atoms with Crippen molar-refractivity contribution >= 4 is 40.9 Å². The number of hydrogen-bond acceptors (Lipinski definition) is 9. The summed E-state index contributed by atoms with van der Waals surface area (Å²) >= 11 is 6.30. The van der Waals surface area contributed by atoms with E-state index >= 15 is 0 Å². The zero-order valence-corrected chi connectivity index (χ0v) is 35.3. The monoisotopic (exact) mass is 827 g/mol. The summed E-state index contributed by atoms with van der Waals surface area (Å²) < 4.78 is 6.48. The molecule has 2 saturated heterocycles. The van der Waals surface area contributed by atoms with Gasteiger partial charge in [-0.2, -0.15) is 5.26 Å². The van der Waals surface area contributed by atoms with E-state index in [1.165, 1.54) is 0 Å². The third kappa shape index (κ3) is 6.98. The van der Waals surface area contributed by atoms with Crippen LogP contribution in [0.15, 0.2) is 48.5 Å². The highest BCUT2D eigenvalue weighted by Gasteiger charge is 2.67. The molecule has 2 saturated carbocycles. The lowest BCUT2D eigenvalue weighted by Gasteiger charge is -2.65. The van der Waals surface area contributed by atoms with Crippen molar-refractivity contribution in [1.82, 2.24) is 25.0 Å². The molecule has 0 spiro atoms. The number of piperidine rings is 1. The largest absolute Gasteiger partial charge is 0.489 e. The molecule has 13 heteroatoms. The number of anilines is 1. The first-order valence-corrected chi connectivity index (χ1v) is 21.6. The Morgan fingerprint density at radius 1 is 0.833 bits per heavy atom. The smallest absolute Gasteiger partial charge is 0.256 e. The van der Waals surface area contributed by atoms with E-state index in [0.717, 1.165) is 68.8 Å². The average molecular weight is 828 g/mol. The van der Waals surface area contributed by atoms with Crippen LogP contribution in [0.1, 0.15) is 109 Å². The molecule has 4 fully saturated rings. The van der Waals surface area contributed by atoms with Gasteiger partial charge >= 0.3 is 0 Å². The summed E-state index contributed by atoms with van der Waals surface area (Å²) in [4.78, 5) is 64.5. The summed E-state index contributed by atoms with van der Waals surface area (Å²) in [6, 6.07) is 16.8. The normalized spacial score (nSPS) is 27.0. The molecule has 5 heterocycles. The highest BCUT2D eigenvalue weighted by Crippen LogP contribution is 2.59. The van der Waals surface area contributed by atoms with E-state index in [2.05, 4.69) is 66.8 Å². The van der Waals surface area contributed by atoms with Crippen LogP contribution in [0, 0.1) is 39.9 Å². The highest BCUT2D eigenvalue weighted by atomic mass is 35.5. The second-order valence-corrected chi connectivity index (χ2v) is 18.9. The second-order valence-electron chi connectivity index (χ2n) is 18.5. The fourth-order valence-electron chi connectivity index (χ4n) is 11.4. The van der Waals surface area contributed by atoms with Gasteiger partial charge in [-0.15, -0.1) is 0 Å². The molecular weight excluding hydrogens is 778 g/mol. The maximum Gasteiger partial charge on any atom is 0.256 e. The van der Waals surface area contributed by atoms with Gasteiger partial charge in [0.15, 0.2) is 0 Å². The molecule has 1 unspecified atom stereocenters. The van der Waals surface area contributed by atoms with E-state index in [1.54, 1.807) is 23.1 Å². The number of imide groups is 1. The Hall–Kier alpha value is -5.43. The summed E-state index contributed by atoms with van der Waals surface area (Å²) in [5, 5.41) is 12.0. The Bertz CT molecular complexity index is 2380. The van der Waals surface area contributed by atoms with Crippen LogP contribution in [0.3, 0.4) is 0 Å². The minimum absolute atomic E-state index is 0.00989. The zero-order chi connectivity index (χ0) is 42.1. The van der Waals surface area contributed by atoms with E-state index in [9.17, 15) is 24.4 Å². The summed E-state index contributed by atoms with van der Waals surface area (Å²) in [6.45, 7) is 13.1. The van der Waals surface area contributed by atoms with Crippen LogP contribution >= 0.6 is 11.6 Å². The van der Waals surface area contributed by atoms with Gasteiger partial charge in [0.2, 0.25) is 11.8 Å². The number of amides is 4. The van der Waals surface area contributed by atoms with Crippen LogP contribution in [0.25, 0.3) is 0 Å². The number of ether oxygens (including phenoxy) is 1. The first-order valence-electron chi connectivity index (χ1n) is 21.2. The summed E-state index contributed by atoms with van der Waals surface area (Å²) in [7, 11) is 0. The van der Waals surface area contributed by atoms with Gasteiger partial charge in [-0.1, -0.05) is 45.2 Å². The predicted octanol–water partition coefficient (Wildman–Crippen LogP) is 5.94. The Kier molecular flexibility index (Phi) is 10.2. The van der Waals surface area contributed by atoms with Gasteiger partial charge in [0, 0.05) is 85.3 Å². The van der Waals surface area contributed by atoms with E-state index in [4.69, 9.17) is 21.3 Å². The maximum absolute atomic E-state index is 13.8. The van der Waals surface area contributed by atoms with Crippen molar-refractivity contribution in [3.8, 4) is 23.7 Å². The number of nitrogens with zero attached hydrogens (tertiary/aromatic N) is 6. The SMILES string of the molecule is CC1(C)[C@H](Oc2ccc(C#N)c(Cl)c2)C(C)(C)[C@H]1N1Cc2nc(C#C[C@H]3CC[C@H](N4CCN(c5ccc6c(c5)CN(C5CCC(=O)NC5=O)C6=O)CC4)CC3)ccc2C1=O. The number of aromatic nitrogens is 1. The molecule has 310 valence electrons. The molecule has 4 amide bonds. The Morgan fingerprint density at radius 2 is 1.55 bits per heavy atom. The van der Waals surface area contributed by atoms with Crippen molar-refractivity contribution in [3.05, 3.63) is 87.2 Å². The molecule has 0 radical (unpaired) electrons. The van der Waals surface area contributed by atoms with Gasteiger partial charge in [-0.3, -0.25) is 29.4 Å². The number of fused-ring (bicyclic) bond motifs is 2. The first-order chi connectivity index (χ1) is 28.7. The summed E-state index contributed by atoms with van der Waals surface area (Å²) in [5.74, 6) is 6.97. The lowest BCUT2D eigenvalue weighted by atomic mass is 9.49. The van der Waals surface area contributed by atoms with Crippen molar-refractivity contribution in [1.29, 1.82) is 5.26 Å². The summed E-state index contributed by atoms with van der Waals surface area (Å²) in [5.41, 5.74) is 4.48. The third-order valence-corrected chi connectivity index (χ3v) is 14.3. The van der Waals surface area contributed by atoms with Gasteiger partial charge < -0.3 is 19.4 Å². The second kappa shape index (κ2) is 15.2. The molecule has 1 aromatic heterocycles. The number of nitriles is 1. The van der Waals surface area contributed by atoms with Gasteiger partial charge in [-0.05, 0) is 86.1 Å². The van der Waals surface area contributed by atoms with Crippen LogP contribution in [-0.2, 0) is 22.7 Å². The van der Waals surface area contributed by atoms with Gasteiger partial charge in [0.05, 0.1) is 28.4 Å². The Balaban J connectivity index is 0.763. The van der Waals surface area contributed by atoms with E-state index in [-0.39, 0.29) is 53.0 Å². The topological polar surface area (TPSA) is 139 Å². The molecule has 6 aliphatic rings. The number of piperazine rings is 1. The van der Waals surface area contributed by atoms with Crippen molar-refractivity contribution in [2.45, 2.75) is 104 Å². The number of carbonyl (C=O) groups excluding carboxylic acids is 4. The van der Waals surface area contributed by atoms with Gasteiger partial charge in [-0.25, -0.2) is 4.98 Å². The Morgan fingerprint density at radius 3 is 2.25 bits per heavy atom. The molecule has 1 N–H and O–H groups in total. The Labute approximate surface area is 356 Å². The molecule has 12 nitrogen and oxygen atoms in total. The molecule has 1 atom stereocenters. The quantitative estimate of drug-likeness (QED) is 0.237. The van der Waals surface area contributed by atoms with E-state index in [1.807, 2.05) is 29.2 Å². The lowest BCUT2D eigenvalue weighted by Crippen LogP contribution is -2.74. The van der Waals surface area contributed by atoms with E-state index in [0.29, 0.717) is 64.6 Å². The van der Waals surface area contributed by atoms with Crippen LogP contribution in [0.5, 0.6) is 5.75 Å². The highest BCUT2D eigenvalue weighted by molar-refractivity contribution is 6.31. The number of benzene rings is 2. The third-order valence-electron chi connectivity index (χ3n) is 14.0. The molecule has 60 heavy (non-hydrogen) atoms. The number of pyridine rings is 1. The van der Waals surface area contributed by atoms with Gasteiger partial charge in [0.1, 0.15) is 29.7 Å². The fraction of sp³-hybridized carbons (Fsp3) is 0.489. The number of rotatable bonds is 6. The van der Waals surface area contributed by atoms with Crippen LogP contribution in [0.2, 0.25) is 5.02 Å². The molecule has 3 aromatic rings. The fourth-order valence-corrected chi connectivity index (χ4v) is 11.6. The molecular formula is C47H50ClN7O5.